The Labute approximate surface area is 103 Å². The van der Waals surface area contributed by atoms with Crippen molar-refractivity contribution in [3.63, 3.8) is 0 Å². The molecular formula is C13H24BrN. The normalized spacial score (nSPS) is 27.8. The van der Waals surface area contributed by atoms with E-state index in [0.29, 0.717) is 5.41 Å². The molecule has 2 heteroatoms. The molecule has 1 saturated heterocycles. The minimum absolute atomic E-state index is 0.675. The van der Waals surface area contributed by atoms with E-state index in [1.54, 1.807) is 0 Å². The van der Waals surface area contributed by atoms with Crippen molar-refractivity contribution >= 4 is 15.9 Å². The number of hydrogen-bond acceptors (Lipinski definition) is 1. The van der Waals surface area contributed by atoms with Gasteiger partial charge in [0.15, 0.2) is 0 Å². The molecule has 0 aromatic carbocycles. The van der Waals surface area contributed by atoms with Gasteiger partial charge in [-0.15, -0.1) is 0 Å². The fraction of sp³-hybridized carbons (Fsp3) is 1.00. The third-order valence-corrected chi connectivity index (χ3v) is 5.19. The van der Waals surface area contributed by atoms with Crippen molar-refractivity contribution in [1.82, 2.24) is 4.90 Å². The van der Waals surface area contributed by atoms with Crippen LogP contribution in [0.4, 0.5) is 0 Å². The monoisotopic (exact) mass is 273 g/mol. The topological polar surface area (TPSA) is 3.24 Å². The van der Waals surface area contributed by atoms with Crippen LogP contribution in [-0.2, 0) is 0 Å². The number of nitrogens with zero attached hydrogens (tertiary/aromatic N) is 1. The number of hydrogen-bond donors (Lipinski definition) is 0. The van der Waals surface area contributed by atoms with Gasteiger partial charge in [0.2, 0.25) is 0 Å². The summed E-state index contributed by atoms with van der Waals surface area (Å²) >= 11 is 3.68. The molecular weight excluding hydrogens is 250 g/mol. The Kier molecular flexibility index (Phi) is 4.51. The molecule has 2 rings (SSSR count). The molecule has 2 aliphatic rings. The second-order valence-electron chi connectivity index (χ2n) is 5.53. The molecule has 0 atom stereocenters. The van der Waals surface area contributed by atoms with Crippen LogP contribution in [0.15, 0.2) is 0 Å². The number of halogens is 1. The van der Waals surface area contributed by atoms with Gasteiger partial charge in [-0.25, -0.2) is 0 Å². The molecule has 15 heavy (non-hydrogen) atoms. The van der Waals surface area contributed by atoms with Gasteiger partial charge in [-0.3, -0.25) is 0 Å². The van der Waals surface area contributed by atoms with Gasteiger partial charge in [-0.2, -0.15) is 0 Å². The highest BCUT2D eigenvalue weighted by Gasteiger charge is 2.42. The molecule has 0 bridgehead atoms. The average molecular weight is 274 g/mol. The van der Waals surface area contributed by atoms with E-state index in [2.05, 4.69) is 20.8 Å². The molecule has 1 nitrogen and oxygen atoms in total. The van der Waals surface area contributed by atoms with Gasteiger partial charge in [0.25, 0.3) is 0 Å². The maximum atomic E-state index is 3.68. The van der Waals surface area contributed by atoms with Gasteiger partial charge < -0.3 is 4.90 Å². The summed E-state index contributed by atoms with van der Waals surface area (Å²) < 4.78 is 0. The molecule has 0 aromatic heterocycles. The fourth-order valence-corrected chi connectivity index (χ4v) is 3.37. The molecule has 1 heterocycles. The summed E-state index contributed by atoms with van der Waals surface area (Å²) in [6.07, 6.45) is 11.6. The first kappa shape index (κ1) is 11.9. The summed E-state index contributed by atoms with van der Waals surface area (Å²) in [5, 5.41) is 1.22. The van der Waals surface area contributed by atoms with Gasteiger partial charge >= 0.3 is 0 Å². The predicted molar refractivity (Wildman–Crippen MR) is 69.6 cm³/mol. The van der Waals surface area contributed by atoms with E-state index in [0.717, 1.165) is 0 Å². The van der Waals surface area contributed by atoms with Crippen molar-refractivity contribution in [2.75, 3.05) is 25.0 Å². The van der Waals surface area contributed by atoms with Crippen LogP contribution in [0.5, 0.6) is 0 Å². The highest BCUT2D eigenvalue weighted by Crippen LogP contribution is 2.47. The first-order chi connectivity index (χ1) is 7.35. The van der Waals surface area contributed by atoms with E-state index in [1.807, 2.05) is 0 Å². The van der Waals surface area contributed by atoms with Crippen LogP contribution in [0.1, 0.15) is 51.4 Å². The Bertz CT molecular complexity index is 179. The van der Waals surface area contributed by atoms with Crippen LogP contribution in [0, 0.1) is 5.41 Å². The zero-order valence-corrected chi connectivity index (χ0v) is 11.4. The van der Waals surface area contributed by atoms with E-state index >= 15 is 0 Å². The highest BCUT2D eigenvalue weighted by atomic mass is 79.9. The first-order valence-electron chi connectivity index (χ1n) is 6.63. The van der Waals surface area contributed by atoms with Crippen LogP contribution in [0.2, 0.25) is 0 Å². The summed E-state index contributed by atoms with van der Waals surface area (Å²) in [5.41, 5.74) is 0.675. The predicted octanol–water partition coefficient (Wildman–Crippen LogP) is 3.82. The summed E-state index contributed by atoms with van der Waals surface area (Å²) in [6, 6.07) is 0. The minimum atomic E-state index is 0.675. The summed E-state index contributed by atoms with van der Waals surface area (Å²) in [6.45, 7) is 4.07. The van der Waals surface area contributed by atoms with E-state index < -0.39 is 0 Å². The first-order valence-corrected chi connectivity index (χ1v) is 7.75. The second-order valence-corrected chi connectivity index (χ2v) is 6.09. The van der Waals surface area contributed by atoms with Gasteiger partial charge in [0.1, 0.15) is 0 Å². The molecule has 0 unspecified atom stereocenters. The minimum Gasteiger partial charge on any atom is -0.303 e. The lowest BCUT2D eigenvalue weighted by molar-refractivity contribution is 0.227. The Morgan fingerprint density at radius 3 is 1.87 bits per heavy atom. The van der Waals surface area contributed by atoms with Gasteiger partial charge in [0, 0.05) is 11.9 Å². The standard InChI is InChI=1S/C13H24BrN/c14-11-13(7-8-13)12-15-9-5-3-1-2-4-6-10-15/h1-12H2. The largest absolute Gasteiger partial charge is 0.303 e. The molecule has 0 amide bonds. The lowest BCUT2D eigenvalue weighted by Crippen LogP contribution is -2.32. The SMILES string of the molecule is BrCC1(CN2CCCCCCCC2)CC1. The van der Waals surface area contributed by atoms with E-state index in [4.69, 9.17) is 0 Å². The van der Waals surface area contributed by atoms with Crippen LogP contribution >= 0.6 is 15.9 Å². The van der Waals surface area contributed by atoms with E-state index in [-0.39, 0.29) is 0 Å². The Hall–Kier alpha value is 0.440. The van der Waals surface area contributed by atoms with Gasteiger partial charge in [-0.05, 0) is 44.2 Å². The molecule has 88 valence electrons. The lowest BCUT2D eigenvalue weighted by atomic mass is 10.1. The average Bonchev–Trinajstić information content (AvgIpc) is 2.98. The molecule has 0 spiro atoms. The number of rotatable bonds is 3. The van der Waals surface area contributed by atoms with Crippen LogP contribution in [0.25, 0.3) is 0 Å². The third-order valence-electron chi connectivity index (χ3n) is 4.00. The maximum Gasteiger partial charge on any atom is 0.0100 e. The van der Waals surface area contributed by atoms with E-state index in [9.17, 15) is 0 Å². The van der Waals surface area contributed by atoms with Crippen molar-refractivity contribution in [3.05, 3.63) is 0 Å². The molecule has 0 aromatic rings. The quantitative estimate of drug-likeness (QED) is 0.707. The highest BCUT2D eigenvalue weighted by molar-refractivity contribution is 9.09. The molecule has 1 aliphatic heterocycles. The fourth-order valence-electron chi connectivity index (χ4n) is 2.63. The molecule has 1 aliphatic carbocycles. The molecule has 0 radical (unpaired) electrons. The molecule has 1 saturated carbocycles. The Morgan fingerprint density at radius 1 is 0.867 bits per heavy atom. The zero-order chi connectivity index (χ0) is 10.6. The second kappa shape index (κ2) is 5.67. The maximum absolute atomic E-state index is 3.68. The number of alkyl halides is 1. The van der Waals surface area contributed by atoms with Crippen LogP contribution in [-0.4, -0.2) is 29.9 Å². The molecule has 2 fully saturated rings. The lowest BCUT2D eigenvalue weighted by Gasteiger charge is -2.26. The molecule has 0 N–H and O–H groups in total. The van der Waals surface area contributed by atoms with Crippen molar-refractivity contribution in [1.29, 1.82) is 0 Å². The van der Waals surface area contributed by atoms with Crippen LogP contribution < -0.4 is 0 Å². The zero-order valence-electron chi connectivity index (χ0n) is 9.81. The van der Waals surface area contributed by atoms with Crippen LogP contribution in [0.3, 0.4) is 0 Å². The van der Waals surface area contributed by atoms with Gasteiger partial charge in [-0.1, -0.05) is 41.6 Å². The Balaban J connectivity index is 1.77. The van der Waals surface area contributed by atoms with E-state index in [1.165, 1.54) is 76.3 Å². The summed E-state index contributed by atoms with van der Waals surface area (Å²) in [7, 11) is 0. The van der Waals surface area contributed by atoms with Crippen molar-refractivity contribution in [2.45, 2.75) is 51.4 Å². The third kappa shape index (κ3) is 3.74. The van der Waals surface area contributed by atoms with Crippen molar-refractivity contribution < 1.29 is 0 Å². The smallest absolute Gasteiger partial charge is 0.0100 e. The van der Waals surface area contributed by atoms with Gasteiger partial charge in [0.05, 0.1) is 0 Å². The van der Waals surface area contributed by atoms with Crippen molar-refractivity contribution in [2.24, 2.45) is 5.41 Å². The summed E-state index contributed by atoms with van der Waals surface area (Å²) in [5.74, 6) is 0. The summed E-state index contributed by atoms with van der Waals surface area (Å²) in [4.78, 5) is 2.74. The Morgan fingerprint density at radius 2 is 1.40 bits per heavy atom. The van der Waals surface area contributed by atoms with Crippen molar-refractivity contribution in [3.8, 4) is 0 Å².